The summed E-state index contributed by atoms with van der Waals surface area (Å²) >= 11 is 3.45. The summed E-state index contributed by atoms with van der Waals surface area (Å²) in [5.74, 6) is 0.525. The van der Waals surface area contributed by atoms with Crippen molar-refractivity contribution < 1.29 is 4.74 Å². The maximum Gasteiger partial charge on any atom is 0.124 e. The van der Waals surface area contributed by atoms with E-state index >= 15 is 0 Å². The first-order valence-electron chi connectivity index (χ1n) is 5.69. The number of rotatable bonds is 0. The van der Waals surface area contributed by atoms with Crippen molar-refractivity contribution in [2.24, 2.45) is 0 Å². The highest BCUT2D eigenvalue weighted by atomic mass is 79.9. The number of nitriles is 1. The molecule has 1 unspecified atom stereocenters. The summed E-state index contributed by atoms with van der Waals surface area (Å²) in [5, 5.41) is 9.48. The van der Waals surface area contributed by atoms with Gasteiger partial charge < -0.3 is 4.74 Å². The predicted molar refractivity (Wildman–Crippen MR) is 72.4 cm³/mol. The third-order valence-electron chi connectivity index (χ3n) is 3.16. The maximum atomic E-state index is 9.48. The highest BCUT2D eigenvalue weighted by Gasteiger charge is 2.24. The van der Waals surface area contributed by atoms with E-state index in [0.717, 1.165) is 26.9 Å². The predicted octanol–water partition coefficient (Wildman–Crippen LogP) is 4.00. The number of ether oxygens (including phenoxy) is 1. The van der Waals surface area contributed by atoms with E-state index in [1.54, 1.807) is 0 Å². The van der Waals surface area contributed by atoms with Gasteiger partial charge >= 0.3 is 0 Å². The molecule has 0 saturated carbocycles. The number of benzene rings is 2. The van der Waals surface area contributed by atoms with Crippen LogP contribution < -0.4 is 4.74 Å². The van der Waals surface area contributed by atoms with E-state index in [2.05, 4.69) is 22.0 Å². The summed E-state index contributed by atoms with van der Waals surface area (Å²) in [4.78, 5) is 0. The van der Waals surface area contributed by atoms with Crippen LogP contribution in [0.25, 0.3) is 0 Å². The van der Waals surface area contributed by atoms with Crippen LogP contribution in [0.4, 0.5) is 0 Å². The fraction of sp³-hybridized carbons (Fsp3) is 0.133. The second-order valence-corrected chi connectivity index (χ2v) is 5.15. The van der Waals surface area contributed by atoms with Crippen LogP contribution in [0.1, 0.15) is 22.6 Å². The lowest BCUT2D eigenvalue weighted by Crippen LogP contribution is -1.99. The molecule has 3 rings (SSSR count). The van der Waals surface area contributed by atoms with Crippen LogP contribution >= 0.6 is 15.9 Å². The molecule has 2 nitrogen and oxygen atoms in total. The second kappa shape index (κ2) is 4.47. The van der Waals surface area contributed by atoms with Gasteiger partial charge in [-0.25, -0.2) is 0 Å². The monoisotopic (exact) mass is 299 g/mol. The molecular weight excluding hydrogens is 290 g/mol. The van der Waals surface area contributed by atoms with E-state index in [0.29, 0.717) is 6.61 Å². The van der Waals surface area contributed by atoms with Crippen molar-refractivity contribution in [1.29, 1.82) is 5.26 Å². The SMILES string of the molecule is N#CC1c2ccccc2COc2ccc(Br)cc21. The molecule has 18 heavy (non-hydrogen) atoms. The first-order valence-corrected chi connectivity index (χ1v) is 6.48. The molecule has 2 aromatic rings. The van der Waals surface area contributed by atoms with Crippen molar-refractivity contribution in [2.45, 2.75) is 12.5 Å². The normalized spacial score (nSPS) is 16.8. The largest absolute Gasteiger partial charge is 0.489 e. The highest BCUT2D eigenvalue weighted by molar-refractivity contribution is 9.10. The zero-order valence-electron chi connectivity index (χ0n) is 9.56. The van der Waals surface area contributed by atoms with Gasteiger partial charge in [0.15, 0.2) is 0 Å². The minimum Gasteiger partial charge on any atom is -0.489 e. The molecule has 0 amide bonds. The van der Waals surface area contributed by atoms with Gasteiger partial charge in [-0.05, 0) is 29.3 Å². The minimum absolute atomic E-state index is 0.267. The Morgan fingerprint density at radius 2 is 2.00 bits per heavy atom. The third kappa shape index (κ3) is 1.79. The minimum atomic E-state index is -0.267. The van der Waals surface area contributed by atoms with Crippen LogP contribution in [-0.4, -0.2) is 0 Å². The number of halogens is 1. The van der Waals surface area contributed by atoms with E-state index in [-0.39, 0.29) is 5.92 Å². The zero-order chi connectivity index (χ0) is 12.5. The van der Waals surface area contributed by atoms with Gasteiger partial charge in [0.2, 0.25) is 0 Å². The molecular formula is C15H10BrNO. The van der Waals surface area contributed by atoms with Crippen LogP contribution in [0.15, 0.2) is 46.9 Å². The van der Waals surface area contributed by atoms with Crippen molar-refractivity contribution in [2.75, 3.05) is 0 Å². The summed E-state index contributed by atoms with van der Waals surface area (Å²) < 4.78 is 6.75. The Hall–Kier alpha value is -1.79. The Morgan fingerprint density at radius 1 is 1.17 bits per heavy atom. The van der Waals surface area contributed by atoms with Gasteiger partial charge in [-0.1, -0.05) is 40.2 Å². The highest BCUT2D eigenvalue weighted by Crippen LogP contribution is 2.38. The Kier molecular flexibility index (Phi) is 2.81. The molecule has 0 fully saturated rings. The summed E-state index contributed by atoms with van der Waals surface area (Å²) in [6.07, 6.45) is 0. The topological polar surface area (TPSA) is 33.0 Å². The van der Waals surface area contributed by atoms with Crippen molar-refractivity contribution in [3.8, 4) is 11.8 Å². The summed E-state index contributed by atoms with van der Waals surface area (Å²) in [7, 11) is 0. The standard InChI is InChI=1S/C15H10BrNO/c16-11-5-6-15-13(7-11)14(8-17)12-4-2-1-3-10(12)9-18-15/h1-7,14H,9H2. The molecule has 1 heterocycles. The number of hydrogen-bond donors (Lipinski definition) is 0. The van der Waals surface area contributed by atoms with Crippen molar-refractivity contribution in [3.63, 3.8) is 0 Å². The van der Waals surface area contributed by atoms with Crippen molar-refractivity contribution in [3.05, 3.63) is 63.6 Å². The number of fused-ring (bicyclic) bond motifs is 2. The molecule has 3 heteroatoms. The molecule has 1 aliphatic rings. The van der Waals surface area contributed by atoms with Crippen LogP contribution in [0.3, 0.4) is 0 Å². The molecule has 1 aliphatic heterocycles. The molecule has 0 spiro atoms. The van der Waals surface area contributed by atoms with Crippen molar-refractivity contribution in [1.82, 2.24) is 0 Å². The average molecular weight is 300 g/mol. The van der Waals surface area contributed by atoms with Crippen LogP contribution in [0.5, 0.6) is 5.75 Å². The molecule has 0 aliphatic carbocycles. The average Bonchev–Trinajstić information content (AvgIpc) is 2.54. The van der Waals surface area contributed by atoms with Gasteiger partial charge in [0.05, 0.1) is 6.07 Å². The van der Waals surface area contributed by atoms with Crippen LogP contribution in [0.2, 0.25) is 0 Å². The molecule has 0 N–H and O–H groups in total. The summed E-state index contributed by atoms with van der Waals surface area (Å²) in [5.41, 5.74) is 3.05. The lowest BCUT2D eigenvalue weighted by molar-refractivity contribution is 0.307. The quantitative estimate of drug-likeness (QED) is 0.737. The first kappa shape index (κ1) is 11.3. The van der Waals surface area contributed by atoms with Gasteiger partial charge in [-0.2, -0.15) is 5.26 Å². The smallest absolute Gasteiger partial charge is 0.124 e. The van der Waals surface area contributed by atoms with Gasteiger partial charge in [0.1, 0.15) is 18.3 Å². The molecule has 0 bridgehead atoms. The molecule has 1 atom stereocenters. The summed E-state index contributed by atoms with van der Waals surface area (Å²) in [6.45, 7) is 0.517. The second-order valence-electron chi connectivity index (χ2n) is 4.23. The lowest BCUT2D eigenvalue weighted by atomic mass is 9.90. The van der Waals surface area contributed by atoms with Crippen molar-refractivity contribution >= 4 is 15.9 Å². The molecule has 0 aromatic heterocycles. The lowest BCUT2D eigenvalue weighted by Gasteiger charge is -2.11. The number of nitrogens with zero attached hydrogens (tertiary/aromatic N) is 1. The Balaban J connectivity index is 2.24. The van der Waals surface area contributed by atoms with E-state index in [1.807, 2.05) is 42.5 Å². The van der Waals surface area contributed by atoms with Crippen LogP contribution in [-0.2, 0) is 6.61 Å². The third-order valence-corrected chi connectivity index (χ3v) is 3.65. The Morgan fingerprint density at radius 3 is 2.83 bits per heavy atom. The molecule has 0 saturated heterocycles. The maximum absolute atomic E-state index is 9.48. The van der Waals surface area contributed by atoms with Gasteiger partial charge in [-0.15, -0.1) is 0 Å². The zero-order valence-corrected chi connectivity index (χ0v) is 11.1. The fourth-order valence-electron chi connectivity index (χ4n) is 2.29. The fourth-order valence-corrected chi connectivity index (χ4v) is 2.66. The van der Waals surface area contributed by atoms with Crippen LogP contribution in [0, 0.1) is 11.3 Å². The summed E-state index contributed by atoms with van der Waals surface area (Å²) in [6, 6.07) is 16.1. The molecule has 0 radical (unpaired) electrons. The van der Waals surface area contributed by atoms with E-state index < -0.39 is 0 Å². The van der Waals surface area contributed by atoms with E-state index in [9.17, 15) is 5.26 Å². The van der Waals surface area contributed by atoms with E-state index in [1.165, 1.54) is 0 Å². The Bertz CT molecular complexity index is 645. The first-order chi connectivity index (χ1) is 8.79. The molecule has 88 valence electrons. The van der Waals surface area contributed by atoms with E-state index in [4.69, 9.17) is 4.74 Å². The van der Waals surface area contributed by atoms with Gasteiger partial charge in [0.25, 0.3) is 0 Å². The van der Waals surface area contributed by atoms with Gasteiger partial charge in [0, 0.05) is 10.0 Å². The van der Waals surface area contributed by atoms with Gasteiger partial charge in [-0.3, -0.25) is 0 Å². The Labute approximate surface area is 114 Å². The molecule has 2 aromatic carbocycles. The number of hydrogen-bond acceptors (Lipinski definition) is 2.